The van der Waals surface area contributed by atoms with Crippen molar-refractivity contribution in [1.29, 1.82) is 0 Å². The Bertz CT molecular complexity index is 458. The molecule has 1 atom stereocenters. The minimum absolute atomic E-state index is 0.422. The Labute approximate surface area is 99.1 Å². The van der Waals surface area contributed by atoms with E-state index in [1.807, 2.05) is 12.1 Å². The van der Waals surface area contributed by atoms with E-state index in [9.17, 15) is 0 Å². The van der Waals surface area contributed by atoms with Crippen molar-refractivity contribution in [2.75, 3.05) is 0 Å². The van der Waals surface area contributed by atoms with Crippen LogP contribution in [-0.4, -0.2) is 20.6 Å². The molecule has 1 aromatic carbocycles. The van der Waals surface area contributed by atoms with Crippen LogP contribution in [0.5, 0.6) is 0 Å². The highest BCUT2D eigenvalue weighted by atomic mass is 79.9. The number of H-pyrrole nitrogens is 1. The average molecular weight is 289 g/mol. The Morgan fingerprint density at radius 2 is 2.27 bits per heavy atom. The lowest BCUT2D eigenvalue weighted by atomic mass is 10.1. The Kier molecular flexibility index (Phi) is 2.99. The van der Waals surface area contributed by atoms with E-state index in [-0.39, 0.29) is 0 Å². The fraction of sp³-hybridized carbons (Fsp3) is 0.125. The first kappa shape index (κ1) is 10.5. The highest BCUT2D eigenvalue weighted by Crippen LogP contribution is 2.26. The molecule has 0 aliphatic rings. The van der Waals surface area contributed by atoms with Crippen molar-refractivity contribution in [3.05, 3.63) is 39.1 Å². The third kappa shape index (κ3) is 2.17. The molecule has 0 radical (unpaired) electrons. The lowest BCUT2D eigenvalue weighted by molar-refractivity contribution is 0.785. The van der Waals surface area contributed by atoms with E-state index in [1.165, 1.54) is 0 Å². The molecule has 78 valence electrons. The second-order valence-corrected chi connectivity index (χ2v) is 4.18. The SMILES string of the molecule is NC(c1ccc(Br)c(Cl)c1)c1nn[nH]n1. The summed E-state index contributed by atoms with van der Waals surface area (Å²) in [5.74, 6) is 0.438. The van der Waals surface area contributed by atoms with Gasteiger partial charge in [0.1, 0.15) is 0 Å². The van der Waals surface area contributed by atoms with Gasteiger partial charge in [0.2, 0.25) is 0 Å². The van der Waals surface area contributed by atoms with Crippen LogP contribution in [-0.2, 0) is 0 Å². The van der Waals surface area contributed by atoms with Gasteiger partial charge in [0.25, 0.3) is 0 Å². The first-order valence-electron chi connectivity index (χ1n) is 4.12. The summed E-state index contributed by atoms with van der Waals surface area (Å²) in [4.78, 5) is 0. The van der Waals surface area contributed by atoms with Crippen molar-refractivity contribution >= 4 is 27.5 Å². The minimum atomic E-state index is -0.422. The van der Waals surface area contributed by atoms with Crippen LogP contribution in [0.3, 0.4) is 0 Å². The number of nitrogens with one attached hydrogen (secondary N) is 1. The monoisotopic (exact) mass is 287 g/mol. The van der Waals surface area contributed by atoms with Gasteiger partial charge in [0.15, 0.2) is 5.82 Å². The molecule has 0 spiro atoms. The highest BCUT2D eigenvalue weighted by molar-refractivity contribution is 9.10. The highest BCUT2D eigenvalue weighted by Gasteiger charge is 2.14. The Hall–Kier alpha value is -0.980. The standard InChI is InChI=1S/C8H7BrClN5/c9-5-2-1-4(3-6(5)10)7(11)8-12-14-15-13-8/h1-3,7H,11H2,(H,12,13,14,15). The number of halogens is 2. The maximum absolute atomic E-state index is 5.95. The van der Waals surface area contributed by atoms with E-state index >= 15 is 0 Å². The molecular formula is C8H7BrClN5. The number of aromatic nitrogens is 4. The first-order chi connectivity index (χ1) is 7.18. The second-order valence-electron chi connectivity index (χ2n) is 2.92. The van der Waals surface area contributed by atoms with Gasteiger partial charge in [-0.15, -0.1) is 10.2 Å². The van der Waals surface area contributed by atoms with Gasteiger partial charge in [-0.05, 0) is 33.6 Å². The second kappa shape index (κ2) is 4.26. The molecule has 15 heavy (non-hydrogen) atoms. The molecule has 0 aliphatic carbocycles. The van der Waals surface area contributed by atoms with E-state index in [0.29, 0.717) is 10.8 Å². The third-order valence-corrected chi connectivity index (χ3v) is 3.18. The fourth-order valence-corrected chi connectivity index (χ4v) is 1.59. The molecule has 1 aromatic heterocycles. The number of nitrogens with two attached hydrogens (primary N) is 1. The smallest absolute Gasteiger partial charge is 0.195 e. The first-order valence-corrected chi connectivity index (χ1v) is 5.29. The van der Waals surface area contributed by atoms with Gasteiger partial charge in [-0.3, -0.25) is 0 Å². The van der Waals surface area contributed by atoms with Gasteiger partial charge in [0.05, 0.1) is 11.1 Å². The summed E-state index contributed by atoms with van der Waals surface area (Å²) in [6, 6.07) is 5.04. The summed E-state index contributed by atoms with van der Waals surface area (Å²) in [7, 11) is 0. The van der Waals surface area contributed by atoms with Gasteiger partial charge in [-0.25, -0.2) is 0 Å². The molecule has 1 heterocycles. The molecule has 0 fully saturated rings. The van der Waals surface area contributed by atoms with Gasteiger partial charge in [0, 0.05) is 4.47 Å². The number of rotatable bonds is 2. The number of aromatic amines is 1. The van der Waals surface area contributed by atoms with Gasteiger partial charge in [-0.1, -0.05) is 22.9 Å². The number of tetrazole rings is 1. The van der Waals surface area contributed by atoms with E-state index < -0.39 is 6.04 Å². The maximum Gasteiger partial charge on any atom is 0.195 e. The van der Waals surface area contributed by atoms with Crippen molar-refractivity contribution in [2.45, 2.75) is 6.04 Å². The number of benzene rings is 1. The maximum atomic E-state index is 5.95. The molecule has 7 heteroatoms. The zero-order valence-corrected chi connectivity index (χ0v) is 9.83. The molecule has 3 N–H and O–H groups in total. The molecule has 1 unspecified atom stereocenters. The summed E-state index contributed by atoms with van der Waals surface area (Å²) < 4.78 is 0.827. The number of hydrogen-bond donors (Lipinski definition) is 2. The predicted molar refractivity (Wildman–Crippen MR) is 59.4 cm³/mol. The van der Waals surface area contributed by atoms with Crippen LogP contribution in [0.15, 0.2) is 22.7 Å². The Balaban J connectivity index is 2.34. The summed E-state index contributed by atoms with van der Waals surface area (Å²) in [5, 5.41) is 14.0. The molecule has 2 rings (SSSR count). The molecule has 2 aromatic rings. The third-order valence-electron chi connectivity index (χ3n) is 1.94. The molecule has 0 aliphatic heterocycles. The topological polar surface area (TPSA) is 80.5 Å². The van der Waals surface area contributed by atoms with E-state index in [4.69, 9.17) is 17.3 Å². The van der Waals surface area contributed by atoms with E-state index in [0.717, 1.165) is 10.0 Å². The van der Waals surface area contributed by atoms with Gasteiger partial charge >= 0.3 is 0 Å². The lowest BCUT2D eigenvalue weighted by Gasteiger charge is -2.08. The van der Waals surface area contributed by atoms with Crippen LogP contribution in [0, 0.1) is 0 Å². The van der Waals surface area contributed by atoms with Crippen molar-refractivity contribution in [2.24, 2.45) is 5.73 Å². The zero-order chi connectivity index (χ0) is 10.8. The summed E-state index contributed by atoms with van der Waals surface area (Å²) >= 11 is 9.26. The van der Waals surface area contributed by atoms with Crippen molar-refractivity contribution in [3.63, 3.8) is 0 Å². The summed E-state index contributed by atoms with van der Waals surface area (Å²) in [6.45, 7) is 0. The van der Waals surface area contributed by atoms with Gasteiger partial charge < -0.3 is 5.73 Å². The molecule has 0 amide bonds. The Morgan fingerprint density at radius 3 is 2.87 bits per heavy atom. The van der Waals surface area contributed by atoms with Crippen LogP contribution in [0.2, 0.25) is 5.02 Å². The van der Waals surface area contributed by atoms with Crippen molar-refractivity contribution in [1.82, 2.24) is 20.6 Å². The van der Waals surface area contributed by atoms with Crippen LogP contribution in [0.1, 0.15) is 17.4 Å². The van der Waals surface area contributed by atoms with Gasteiger partial charge in [-0.2, -0.15) is 5.21 Å². The largest absolute Gasteiger partial charge is 0.318 e. The quantitative estimate of drug-likeness (QED) is 0.881. The van der Waals surface area contributed by atoms with Crippen LogP contribution in [0.25, 0.3) is 0 Å². The van der Waals surface area contributed by atoms with Crippen molar-refractivity contribution in [3.8, 4) is 0 Å². The number of nitrogens with zero attached hydrogens (tertiary/aromatic N) is 3. The number of hydrogen-bond acceptors (Lipinski definition) is 4. The van der Waals surface area contributed by atoms with E-state index in [2.05, 4.69) is 36.6 Å². The predicted octanol–water partition coefficient (Wildman–Crippen LogP) is 1.66. The van der Waals surface area contributed by atoms with E-state index in [1.54, 1.807) is 6.07 Å². The molecule has 0 saturated heterocycles. The zero-order valence-electron chi connectivity index (χ0n) is 7.48. The lowest BCUT2D eigenvalue weighted by Crippen LogP contribution is -2.13. The van der Waals surface area contributed by atoms with Crippen molar-refractivity contribution < 1.29 is 0 Å². The van der Waals surface area contributed by atoms with Crippen LogP contribution >= 0.6 is 27.5 Å². The molecule has 0 bridgehead atoms. The van der Waals surface area contributed by atoms with Crippen LogP contribution < -0.4 is 5.73 Å². The average Bonchev–Trinajstić information content (AvgIpc) is 2.74. The normalized spacial score (nSPS) is 12.7. The molecular weight excluding hydrogens is 281 g/mol. The summed E-state index contributed by atoms with van der Waals surface area (Å²) in [5.41, 5.74) is 6.76. The molecule has 0 saturated carbocycles. The van der Waals surface area contributed by atoms with Crippen LogP contribution in [0.4, 0.5) is 0 Å². The Morgan fingerprint density at radius 1 is 1.47 bits per heavy atom. The fourth-order valence-electron chi connectivity index (χ4n) is 1.16. The minimum Gasteiger partial charge on any atom is -0.318 e. The summed E-state index contributed by atoms with van der Waals surface area (Å²) in [6.07, 6.45) is 0. The molecule has 5 nitrogen and oxygen atoms in total.